The number of aryl methyl sites for hydroxylation is 3. The fourth-order valence-electron chi connectivity index (χ4n) is 3.51. The summed E-state index contributed by atoms with van der Waals surface area (Å²) < 4.78 is 13.4. The van der Waals surface area contributed by atoms with E-state index >= 15 is 0 Å². The van der Waals surface area contributed by atoms with Crippen molar-refractivity contribution < 1.29 is 9.15 Å². The van der Waals surface area contributed by atoms with E-state index in [0.29, 0.717) is 12.1 Å². The maximum Gasteiger partial charge on any atom is 0.103 e. The Morgan fingerprint density at radius 3 is 2.91 bits per heavy atom. The molecule has 0 saturated carbocycles. The van der Waals surface area contributed by atoms with Crippen LogP contribution in [-0.4, -0.2) is 28.5 Å². The molecule has 1 saturated heterocycles. The summed E-state index contributed by atoms with van der Waals surface area (Å²) in [5, 5.41) is 8.29. The number of rotatable bonds is 6. The van der Waals surface area contributed by atoms with Crippen LogP contribution in [0.25, 0.3) is 0 Å². The van der Waals surface area contributed by atoms with Gasteiger partial charge in [0.25, 0.3) is 0 Å². The van der Waals surface area contributed by atoms with Gasteiger partial charge in [0.05, 0.1) is 12.0 Å². The first-order valence-corrected chi connectivity index (χ1v) is 8.46. The number of furan rings is 1. The molecule has 1 aliphatic rings. The summed E-state index contributed by atoms with van der Waals surface area (Å²) in [7, 11) is 2.00. The Balaban J connectivity index is 1.62. The second-order valence-corrected chi connectivity index (χ2v) is 6.58. The quantitative estimate of drug-likeness (QED) is 0.889. The number of hydrogen-bond donors (Lipinski definition) is 1. The molecule has 126 valence electrons. The molecule has 5 nitrogen and oxygen atoms in total. The van der Waals surface area contributed by atoms with Crippen molar-refractivity contribution >= 4 is 0 Å². The molecule has 1 N–H and O–H groups in total. The Morgan fingerprint density at radius 1 is 1.43 bits per heavy atom. The second-order valence-electron chi connectivity index (χ2n) is 6.58. The van der Waals surface area contributed by atoms with Crippen LogP contribution in [0.15, 0.2) is 22.8 Å². The summed E-state index contributed by atoms with van der Waals surface area (Å²) in [5.74, 6) is 1.05. The molecule has 2 aromatic heterocycles. The highest BCUT2D eigenvalue weighted by atomic mass is 16.5. The lowest BCUT2D eigenvalue weighted by Crippen LogP contribution is -2.38. The van der Waals surface area contributed by atoms with Gasteiger partial charge in [0, 0.05) is 43.4 Å². The molecule has 3 atom stereocenters. The van der Waals surface area contributed by atoms with Crippen molar-refractivity contribution in [1.29, 1.82) is 0 Å². The number of nitrogens with one attached hydrogen (secondary N) is 1. The molecule has 1 aliphatic heterocycles. The highest BCUT2D eigenvalue weighted by molar-refractivity contribution is 5.29. The van der Waals surface area contributed by atoms with Crippen molar-refractivity contribution in [2.24, 2.45) is 7.05 Å². The third-order valence-corrected chi connectivity index (χ3v) is 4.84. The number of ether oxygens (including phenoxy) is 1. The first kappa shape index (κ1) is 16.3. The van der Waals surface area contributed by atoms with Crippen LogP contribution in [-0.2, 0) is 18.2 Å². The second kappa shape index (κ2) is 6.89. The van der Waals surface area contributed by atoms with Crippen LogP contribution in [0.1, 0.15) is 48.6 Å². The lowest BCUT2D eigenvalue weighted by Gasteiger charge is -2.24. The average Bonchev–Trinajstić information content (AvgIpc) is 3.21. The lowest BCUT2D eigenvalue weighted by atomic mass is 9.99. The van der Waals surface area contributed by atoms with Crippen LogP contribution in [0.2, 0.25) is 0 Å². The molecule has 0 bridgehead atoms. The van der Waals surface area contributed by atoms with E-state index in [0.717, 1.165) is 37.3 Å². The molecule has 2 aromatic rings. The molecular formula is C18H27N3O2. The largest absolute Gasteiger partial charge is 0.469 e. The normalized spacial score (nSPS) is 22.6. The van der Waals surface area contributed by atoms with E-state index in [1.807, 2.05) is 23.9 Å². The molecule has 3 rings (SSSR count). The van der Waals surface area contributed by atoms with E-state index in [1.165, 1.54) is 11.3 Å². The zero-order chi connectivity index (χ0) is 16.4. The van der Waals surface area contributed by atoms with Crippen molar-refractivity contribution in [3.05, 3.63) is 41.1 Å². The summed E-state index contributed by atoms with van der Waals surface area (Å²) in [6.07, 6.45) is 4.91. The predicted octanol–water partition coefficient (Wildman–Crippen LogP) is 3.07. The molecule has 3 heterocycles. The Labute approximate surface area is 138 Å². The minimum absolute atomic E-state index is 0.106. The Bertz CT molecular complexity index is 633. The van der Waals surface area contributed by atoms with E-state index in [2.05, 4.69) is 31.2 Å². The van der Waals surface area contributed by atoms with Crippen LogP contribution in [0, 0.1) is 13.8 Å². The van der Waals surface area contributed by atoms with Crippen LogP contribution in [0.3, 0.4) is 0 Å². The Hall–Kier alpha value is -1.59. The Morgan fingerprint density at radius 2 is 2.26 bits per heavy atom. The monoisotopic (exact) mass is 317 g/mol. The van der Waals surface area contributed by atoms with E-state index in [9.17, 15) is 0 Å². The van der Waals surface area contributed by atoms with Crippen molar-refractivity contribution in [1.82, 2.24) is 15.1 Å². The van der Waals surface area contributed by atoms with Gasteiger partial charge in [-0.15, -0.1) is 0 Å². The van der Waals surface area contributed by atoms with Gasteiger partial charge in [-0.2, -0.15) is 5.10 Å². The van der Waals surface area contributed by atoms with E-state index in [1.54, 1.807) is 6.26 Å². The summed E-state index contributed by atoms with van der Waals surface area (Å²) in [6.45, 7) is 7.23. The van der Waals surface area contributed by atoms with Gasteiger partial charge in [-0.3, -0.25) is 4.68 Å². The summed E-state index contributed by atoms with van der Waals surface area (Å²) in [5.41, 5.74) is 3.53. The van der Waals surface area contributed by atoms with E-state index < -0.39 is 0 Å². The third kappa shape index (κ3) is 3.51. The zero-order valence-electron chi connectivity index (χ0n) is 14.5. The molecular weight excluding hydrogens is 290 g/mol. The lowest BCUT2D eigenvalue weighted by molar-refractivity contribution is 0.0954. The van der Waals surface area contributed by atoms with E-state index in [4.69, 9.17) is 9.15 Å². The van der Waals surface area contributed by atoms with Gasteiger partial charge in [0.2, 0.25) is 0 Å². The first-order valence-electron chi connectivity index (χ1n) is 8.46. The van der Waals surface area contributed by atoms with Crippen molar-refractivity contribution in [3.63, 3.8) is 0 Å². The molecule has 1 fully saturated rings. The third-order valence-electron chi connectivity index (χ3n) is 4.84. The minimum Gasteiger partial charge on any atom is -0.469 e. The molecule has 23 heavy (non-hydrogen) atoms. The molecule has 1 unspecified atom stereocenters. The average molecular weight is 317 g/mol. The summed E-state index contributed by atoms with van der Waals surface area (Å²) in [4.78, 5) is 0. The highest BCUT2D eigenvalue weighted by Gasteiger charge is 2.34. The number of nitrogens with zero attached hydrogens (tertiary/aromatic N) is 2. The smallest absolute Gasteiger partial charge is 0.103 e. The summed E-state index contributed by atoms with van der Waals surface area (Å²) >= 11 is 0. The molecule has 0 aromatic carbocycles. The molecule has 0 aliphatic carbocycles. The maximum atomic E-state index is 6.04. The maximum absolute atomic E-state index is 6.04. The van der Waals surface area contributed by atoms with Gasteiger partial charge >= 0.3 is 0 Å². The number of hydrogen-bond acceptors (Lipinski definition) is 4. The van der Waals surface area contributed by atoms with Crippen LogP contribution in [0.5, 0.6) is 0 Å². The molecule has 5 heteroatoms. The standard InChI is InChI=1S/C18H27N3O2/c1-12(7-8-15-6-5-10-22-15)19-16-9-11-23-18(16)17-13(2)20-21(4)14(17)3/h5-6,10,12,16,18-19H,7-9,11H2,1-4H3/t12?,16-,18-/m0/s1. The van der Waals surface area contributed by atoms with Crippen LogP contribution >= 0.6 is 0 Å². The fraction of sp³-hybridized carbons (Fsp3) is 0.611. The van der Waals surface area contributed by atoms with Crippen molar-refractivity contribution in [3.8, 4) is 0 Å². The zero-order valence-corrected chi connectivity index (χ0v) is 14.5. The molecule has 0 spiro atoms. The SMILES string of the molecule is Cc1nn(C)c(C)c1[C@H]1OCC[C@@H]1NC(C)CCc1ccco1. The minimum atomic E-state index is 0.106. The van der Waals surface area contributed by atoms with Gasteiger partial charge in [-0.05, 0) is 45.7 Å². The van der Waals surface area contributed by atoms with Gasteiger partial charge in [0.15, 0.2) is 0 Å². The van der Waals surface area contributed by atoms with Crippen molar-refractivity contribution in [2.45, 2.75) is 58.2 Å². The predicted molar refractivity (Wildman–Crippen MR) is 89.4 cm³/mol. The van der Waals surface area contributed by atoms with Gasteiger partial charge in [0.1, 0.15) is 11.9 Å². The van der Waals surface area contributed by atoms with Gasteiger partial charge in [-0.25, -0.2) is 0 Å². The number of aromatic nitrogens is 2. The van der Waals surface area contributed by atoms with Crippen LogP contribution < -0.4 is 5.32 Å². The van der Waals surface area contributed by atoms with Gasteiger partial charge in [-0.1, -0.05) is 0 Å². The topological polar surface area (TPSA) is 52.2 Å². The van der Waals surface area contributed by atoms with Crippen LogP contribution in [0.4, 0.5) is 0 Å². The van der Waals surface area contributed by atoms with Crippen molar-refractivity contribution in [2.75, 3.05) is 6.61 Å². The van der Waals surface area contributed by atoms with Gasteiger partial charge < -0.3 is 14.5 Å². The first-order chi connectivity index (χ1) is 11.1. The highest BCUT2D eigenvalue weighted by Crippen LogP contribution is 2.33. The van der Waals surface area contributed by atoms with E-state index in [-0.39, 0.29) is 6.10 Å². The Kier molecular flexibility index (Phi) is 4.87. The molecule has 0 radical (unpaired) electrons. The molecule has 0 amide bonds. The fourth-order valence-corrected chi connectivity index (χ4v) is 3.51. The summed E-state index contributed by atoms with van der Waals surface area (Å²) in [6, 6.07) is 4.76.